The second kappa shape index (κ2) is 6.05. The quantitative estimate of drug-likeness (QED) is 0.627. The average Bonchev–Trinajstić information content (AvgIpc) is 2.91. The second-order valence-electron chi connectivity index (χ2n) is 5.18. The van der Waals surface area contributed by atoms with Gasteiger partial charge in [0.25, 0.3) is 0 Å². The molecule has 1 saturated carbocycles. The summed E-state index contributed by atoms with van der Waals surface area (Å²) < 4.78 is 0. The van der Waals surface area contributed by atoms with Crippen LogP contribution in [-0.4, -0.2) is 51.3 Å². The van der Waals surface area contributed by atoms with Crippen molar-refractivity contribution in [2.75, 3.05) is 30.0 Å². The van der Waals surface area contributed by atoms with Crippen LogP contribution in [0.5, 0.6) is 0 Å². The summed E-state index contributed by atoms with van der Waals surface area (Å²) in [6.45, 7) is 0. The van der Waals surface area contributed by atoms with Gasteiger partial charge in [0, 0.05) is 14.1 Å². The molecule has 1 fully saturated rings. The number of nitrogens with zero attached hydrogens (tertiary/aromatic N) is 4. The maximum atomic E-state index is 9.94. The predicted octanol–water partition coefficient (Wildman–Crippen LogP) is 1.48. The lowest BCUT2D eigenvalue weighted by Crippen LogP contribution is -2.29. The van der Waals surface area contributed by atoms with Gasteiger partial charge in [0.05, 0.1) is 12.1 Å². The molecule has 1 aliphatic carbocycles. The molecule has 1 aliphatic rings. The molecule has 22 heavy (non-hydrogen) atoms. The fourth-order valence-corrected chi connectivity index (χ4v) is 2.85. The van der Waals surface area contributed by atoms with E-state index in [0.717, 1.165) is 19.3 Å². The van der Waals surface area contributed by atoms with E-state index in [9.17, 15) is 5.11 Å². The van der Waals surface area contributed by atoms with Crippen LogP contribution >= 0.6 is 11.6 Å². The molecule has 9 heteroatoms. The van der Waals surface area contributed by atoms with Crippen LogP contribution in [0.25, 0.3) is 11.0 Å². The fraction of sp³-hybridized carbons (Fsp3) is 0.538. The standard InChI is InChI=1S/C13H18ClN7O/c1-15-10-9-8(18-12(14)20-10)11(16-2)21-13(19-9)17-6-4-3-5-7(6)22/h6-7,22H,3-5H2,1-2H3,(H,15,18,20)(H2,16,17,19,21)/t6-,7-/m1/s1. The molecule has 0 amide bonds. The Kier molecular flexibility index (Phi) is 4.12. The number of aliphatic hydroxyl groups excluding tert-OH is 1. The van der Waals surface area contributed by atoms with Crippen LogP contribution in [-0.2, 0) is 0 Å². The first-order chi connectivity index (χ1) is 10.6. The summed E-state index contributed by atoms with van der Waals surface area (Å²) in [6.07, 6.45) is 2.31. The van der Waals surface area contributed by atoms with E-state index in [1.54, 1.807) is 14.1 Å². The molecule has 118 valence electrons. The molecule has 0 radical (unpaired) electrons. The van der Waals surface area contributed by atoms with Gasteiger partial charge in [-0.25, -0.2) is 9.97 Å². The van der Waals surface area contributed by atoms with E-state index >= 15 is 0 Å². The van der Waals surface area contributed by atoms with E-state index in [-0.39, 0.29) is 17.4 Å². The molecule has 0 bridgehead atoms. The van der Waals surface area contributed by atoms with Crippen molar-refractivity contribution in [2.24, 2.45) is 0 Å². The molecule has 2 aromatic rings. The Morgan fingerprint density at radius 1 is 1.00 bits per heavy atom. The highest BCUT2D eigenvalue weighted by atomic mass is 35.5. The van der Waals surface area contributed by atoms with E-state index in [1.165, 1.54) is 0 Å². The maximum Gasteiger partial charge on any atom is 0.225 e. The highest BCUT2D eigenvalue weighted by Crippen LogP contribution is 2.28. The SMILES string of the molecule is CNc1nc(N[C@@H]2CCC[C@H]2O)nc2c(NC)nc(Cl)nc12. The van der Waals surface area contributed by atoms with Crippen LogP contribution in [0.1, 0.15) is 19.3 Å². The van der Waals surface area contributed by atoms with Crippen LogP contribution in [0.15, 0.2) is 0 Å². The third-order valence-electron chi connectivity index (χ3n) is 3.78. The molecular formula is C13H18ClN7O. The fourth-order valence-electron chi connectivity index (χ4n) is 2.68. The van der Waals surface area contributed by atoms with Crippen molar-refractivity contribution >= 4 is 40.2 Å². The molecule has 0 aliphatic heterocycles. The molecule has 0 unspecified atom stereocenters. The van der Waals surface area contributed by atoms with Crippen molar-refractivity contribution in [3.8, 4) is 0 Å². The van der Waals surface area contributed by atoms with Crippen LogP contribution in [0.4, 0.5) is 17.6 Å². The van der Waals surface area contributed by atoms with Gasteiger partial charge in [0.2, 0.25) is 11.2 Å². The minimum absolute atomic E-state index is 0.0339. The van der Waals surface area contributed by atoms with E-state index in [4.69, 9.17) is 11.6 Å². The first-order valence-electron chi connectivity index (χ1n) is 7.17. The first kappa shape index (κ1) is 15.0. The molecule has 3 rings (SSSR count). The number of hydrogen-bond acceptors (Lipinski definition) is 8. The second-order valence-corrected chi connectivity index (χ2v) is 5.52. The minimum Gasteiger partial charge on any atom is -0.391 e. The topological polar surface area (TPSA) is 108 Å². The van der Waals surface area contributed by atoms with Crippen LogP contribution < -0.4 is 16.0 Å². The van der Waals surface area contributed by atoms with Gasteiger partial charge < -0.3 is 21.1 Å². The zero-order valence-electron chi connectivity index (χ0n) is 12.4. The van der Waals surface area contributed by atoms with Gasteiger partial charge in [-0.05, 0) is 30.9 Å². The number of aliphatic hydroxyl groups is 1. The predicted molar refractivity (Wildman–Crippen MR) is 86.5 cm³/mol. The monoisotopic (exact) mass is 323 g/mol. The lowest BCUT2D eigenvalue weighted by Gasteiger charge is -2.17. The molecule has 2 atom stereocenters. The summed E-state index contributed by atoms with van der Waals surface area (Å²) in [5.41, 5.74) is 1.12. The highest BCUT2D eigenvalue weighted by molar-refractivity contribution is 6.29. The minimum atomic E-state index is -0.373. The summed E-state index contributed by atoms with van der Waals surface area (Å²) in [4.78, 5) is 17.2. The Bertz CT molecular complexity index is 696. The van der Waals surface area contributed by atoms with Crippen molar-refractivity contribution < 1.29 is 5.11 Å². The molecular weight excluding hydrogens is 306 g/mol. The lowest BCUT2D eigenvalue weighted by atomic mass is 10.2. The third-order valence-corrected chi connectivity index (χ3v) is 3.95. The van der Waals surface area contributed by atoms with Gasteiger partial charge in [-0.1, -0.05) is 0 Å². The Labute approximate surface area is 132 Å². The Balaban J connectivity index is 2.06. The van der Waals surface area contributed by atoms with Gasteiger partial charge in [-0.2, -0.15) is 9.97 Å². The Morgan fingerprint density at radius 3 is 2.32 bits per heavy atom. The van der Waals surface area contributed by atoms with E-state index in [2.05, 4.69) is 35.9 Å². The van der Waals surface area contributed by atoms with E-state index in [0.29, 0.717) is 28.6 Å². The molecule has 0 saturated heterocycles. The van der Waals surface area contributed by atoms with Gasteiger partial charge in [0.1, 0.15) is 11.0 Å². The van der Waals surface area contributed by atoms with Gasteiger partial charge >= 0.3 is 0 Å². The molecule has 2 heterocycles. The van der Waals surface area contributed by atoms with Crippen molar-refractivity contribution in [1.82, 2.24) is 19.9 Å². The van der Waals surface area contributed by atoms with E-state index < -0.39 is 0 Å². The number of rotatable bonds is 4. The summed E-state index contributed by atoms with van der Waals surface area (Å²) >= 11 is 5.93. The number of nitrogens with one attached hydrogen (secondary N) is 3. The first-order valence-corrected chi connectivity index (χ1v) is 7.55. The molecule has 8 nitrogen and oxygen atoms in total. The number of halogens is 1. The summed E-state index contributed by atoms with van der Waals surface area (Å²) in [5.74, 6) is 1.52. The van der Waals surface area contributed by atoms with Crippen molar-refractivity contribution in [3.05, 3.63) is 5.28 Å². The number of aromatic nitrogens is 4. The molecule has 2 aromatic heterocycles. The number of fused-ring (bicyclic) bond motifs is 1. The maximum absolute atomic E-state index is 9.94. The van der Waals surface area contributed by atoms with Crippen molar-refractivity contribution in [3.63, 3.8) is 0 Å². The normalized spacial score (nSPS) is 21.1. The lowest BCUT2D eigenvalue weighted by molar-refractivity contribution is 0.171. The van der Waals surface area contributed by atoms with Gasteiger partial charge in [-0.15, -0.1) is 0 Å². The summed E-state index contributed by atoms with van der Waals surface area (Å²) in [5, 5.41) is 19.2. The van der Waals surface area contributed by atoms with Gasteiger partial charge in [-0.3, -0.25) is 0 Å². The van der Waals surface area contributed by atoms with Crippen molar-refractivity contribution in [1.29, 1.82) is 0 Å². The van der Waals surface area contributed by atoms with Crippen LogP contribution in [0.2, 0.25) is 5.28 Å². The zero-order valence-corrected chi connectivity index (χ0v) is 13.1. The van der Waals surface area contributed by atoms with E-state index in [1.807, 2.05) is 0 Å². The van der Waals surface area contributed by atoms with Crippen LogP contribution in [0, 0.1) is 0 Å². The summed E-state index contributed by atoms with van der Waals surface area (Å²) in [7, 11) is 3.50. The smallest absolute Gasteiger partial charge is 0.225 e. The molecule has 0 spiro atoms. The Hall–Kier alpha value is -1.93. The Morgan fingerprint density at radius 2 is 1.68 bits per heavy atom. The zero-order chi connectivity index (χ0) is 15.7. The van der Waals surface area contributed by atoms with Crippen molar-refractivity contribution in [2.45, 2.75) is 31.4 Å². The number of hydrogen-bond donors (Lipinski definition) is 4. The largest absolute Gasteiger partial charge is 0.391 e. The van der Waals surface area contributed by atoms with Gasteiger partial charge in [0.15, 0.2) is 11.6 Å². The summed E-state index contributed by atoms with van der Waals surface area (Å²) in [6, 6.07) is -0.0339. The molecule has 0 aromatic carbocycles. The molecule has 4 N–H and O–H groups in total. The number of anilines is 3. The van der Waals surface area contributed by atoms with Crippen LogP contribution in [0.3, 0.4) is 0 Å². The third kappa shape index (κ3) is 2.71. The average molecular weight is 324 g/mol. The highest BCUT2D eigenvalue weighted by Gasteiger charge is 2.26.